The van der Waals surface area contributed by atoms with Gasteiger partial charge in [0.1, 0.15) is 12.1 Å². The average Bonchev–Trinajstić information content (AvgIpc) is 3.57. The fraction of sp³-hybridized carbons (Fsp3) is 0.273. The van der Waals surface area contributed by atoms with Crippen molar-refractivity contribution >= 4 is 11.6 Å². The molecular formula is C22H20F4N4O. The highest BCUT2D eigenvalue weighted by Crippen LogP contribution is 2.35. The maximum Gasteiger partial charge on any atom is 0.573 e. The van der Waals surface area contributed by atoms with E-state index >= 15 is 4.39 Å². The molecule has 0 unspecified atom stereocenters. The highest BCUT2D eigenvalue weighted by atomic mass is 19.4. The van der Waals surface area contributed by atoms with Crippen molar-refractivity contribution in [1.82, 2.24) is 9.97 Å². The van der Waals surface area contributed by atoms with Gasteiger partial charge in [0.25, 0.3) is 0 Å². The van der Waals surface area contributed by atoms with Crippen LogP contribution in [-0.2, 0) is 13.1 Å². The van der Waals surface area contributed by atoms with Gasteiger partial charge in [0.2, 0.25) is 5.82 Å². The zero-order chi connectivity index (χ0) is 21.8. The largest absolute Gasteiger partial charge is 0.573 e. The summed E-state index contributed by atoms with van der Waals surface area (Å²) in [5, 5.41) is 2.98. The number of benzene rings is 2. The van der Waals surface area contributed by atoms with Gasteiger partial charge in [0, 0.05) is 19.1 Å². The Bertz CT molecular complexity index is 1030. The molecule has 31 heavy (non-hydrogen) atoms. The van der Waals surface area contributed by atoms with Gasteiger partial charge in [0.15, 0.2) is 11.6 Å². The molecule has 1 saturated carbocycles. The zero-order valence-corrected chi connectivity index (χ0v) is 16.4. The van der Waals surface area contributed by atoms with Gasteiger partial charge in [-0.25, -0.2) is 9.97 Å². The van der Waals surface area contributed by atoms with Gasteiger partial charge in [-0.2, -0.15) is 4.39 Å². The number of hydrogen-bond donors (Lipinski definition) is 1. The Labute approximate surface area is 176 Å². The standard InChI is InChI=1S/C22H20F4N4O/c23-19-20(27-12-15-5-2-1-3-6-15)28-14-29-21(19)30(17-9-10-17)13-16-7-4-8-18(11-16)31-22(24,25)26/h1-8,11,14,17H,9-10,12-13H2,(H,27,28,29). The Morgan fingerprint density at radius 2 is 1.74 bits per heavy atom. The van der Waals surface area contributed by atoms with Gasteiger partial charge in [-0.05, 0) is 36.1 Å². The highest BCUT2D eigenvalue weighted by Gasteiger charge is 2.33. The van der Waals surface area contributed by atoms with Crippen LogP contribution in [0.5, 0.6) is 5.75 Å². The molecule has 4 rings (SSSR count). The fourth-order valence-electron chi connectivity index (χ4n) is 3.27. The first-order valence-electron chi connectivity index (χ1n) is 9.79. The Morgan fingerprint density at radius 1 is 1.00 bits per heavy atom. The zero-order valence-electron chi connectivity index (χ0n) is 16.4. The minimum Gasteiger partial charge on any atom is -0.406 e. The second-order valence-electron chi connectivity index (χ2n) is 7.25. The van der Waals surface area contributed by atoms with E-state index in [1.807, 2.05) is 30.3 Å². The number of aromatic nitrogens is 2. The predicted molar refractivity (Wildman–Crippen MR) is 108 cm³/mol. The summed E-state index contributed by atoms with van der Waals surface area (Å²) in [5.74, 6) is -0.703. The molecule has 1 aliphatic rings. The summed E-state index contributed by atoms with van der Waals surface area (Å²) in [6, 6.07) is 15.3. The number of hydrogen-bond acceptors (Lipinski definition) is 5. The molecule has 9 heteroatoms. The first-order chi connectivity index (χ1) is 14.9. The first-order valence-corrected chi connectivity index (χ1v) is 9.79. The number of halogens is 4. The normalized spacial score (nSPS) is 13.7. The molecule has 0 saturated heterocycles. The van der Waals surface area contributed by atoms with Gasteiger partial charge in [0.05, 0.1) is 0 Å². The molecule has 1 aromatic heterocycles. The van der Waals surface area contributed by atoms with E-state index in [1.54, 1.807) is 11.0 Å². The molecule has 0 bridgehead atoms. The minimum atomic E-state index is -4.77. The van der Waals surface area contributed by atoms with E-state index in [0.29, 0.717) is 12.1 Å². The number of nitrogens with one attached hydrogen (secondary N) is 1. The molecule has 0 aliphatic heterocycles. The first kappa shape index (κ1) is 20.9. The van der Waals surface area contributed by atoms with Gasteiger partial charge in [-0.15, -0.1) is 13.2 Å². The minimum absolute atomic E-state index is 0.0681. The third-order valence-electron chi connectivity index (χ3n) is 4.82. The SMILES string of the molecule is Fc1c(NCc2ccccc2)ncnc1N(Cc1cccc(OC(F)(F)F)c1)C1CC1. The number of anilines is 2. The monoisotopic (exact) mass is 432 g/mol. The Kier molecular flexibility index (Phi) is 5.92. The van der Waals surface area contributed by atoms with Crippen molar-refractivity contribution in [2.45, 2.75) is 38.3 Å². The predicted octanol–water partition coefficient (Wildman–Crippen LogP) is 5.30. The van der Waals surface area contributed by atoms with Crippen molar-refractivity contribution < 1.29 is 22.3 Å². The van der Waals surface area contributed by atoms with Crippen LogP contribution >= 0.6 is 0 Å². The molecular weight excluding hydrogens is 412 g/mol. The topological polar surface area (TPSA) is 50.3 Å². The van der Waals surface area contributed by atoms with E-state index in [1.165, 1.54) is 24.5 Å². The van der Waals surface area contributed by atoms with Gasteiger partial charge >= 0.3 is 6.36 Å². The lowest BCUT2D eigenvalue weighted by molar-refractivity contribution is -0.274. The second kappa shape index (κ2) is 8.79. The summed E-state index contributed by atoms with van der Waals surface area (Å²) in [6.45, 7) is 0.597. The molecule has 1 N–H and O–H groups in total. The van der Waals surface area contributed by atoms with E-state index in [-0.39, 0.29) is 30.0 Å². The number of nitrogens with zero attached hydrogens (tertiary/aromatic N) is 3. The molecule has 162 valence electrons. The van der Waals surface area contributed by atoms with E-state index < -0.39 is 12.2 Å². The summed E-state index contributed by atoms with van der Waals surface area (Å²) in [4.78, 5) is 9.89. The van der Waals surface area contributed by atoms with Crippen LogP contribution in [0.15, 0.2) is 60.9 Å². The Balaban J connectivity index is 1.53. The maximum absolute atomic E-state index is 15.2. The lowest BCUT2D eigenvalue weighted by atomic mass is 10.2. The van der Waals surface area contributed by atoms with Crippen LogP contribution in [0, 0.1) is 5.82 Å². The van der Waals surface area contributed by atoms with Crippen molar-refractivity contribution in [3.8, 4) is 5.75 Å². The van der Waals surface area contributed by atoms with Gasteiger partial charge in [-0.1, -0.05) is 42.5 Å². The molecule has 5 nitrogen and oxygen atoms in total. The van der Waals surface area contributed by atoms with Crippen LogP contribution in [0.25, 0.3) is 0 Å². The fourth-order valence-corrected chi connectivity index (χ4v) is 3.27. The molecule has 0 atom stereocenters. The number of alkyl halides is 3. The summed E-state index contributed by atoms with van der Waals surface area (Å²) < 4.78 is 56.8. The summed E-state index contributed by atoms with van der Waals surface area (Å²) >= 11 is 0. The van der Waals surface area contributed by atoms with Gasteiger partial charge < -0.3 is 15.0 Å². The molecule has 1 heterocycles. The number of rotatable bonds is 8. The van der Waals surface area contributed by atoms with Crippen LogP contribution in [0.3, 0.4) is 0 Å². The van der Waals surface area contributed by atoms with E-state index in [4.69, 9.17) is 0 Å². The summed E-state index contributed by atoms with van der Waals surface area (Å²) in [7, 11) is 0. The van der Waals surface area contributed by atoms with Crippen LogP contribution < -0.4 is 15.0 Å². The van der Waals surface area contributed by atoms with Crippen LogP contribution in [-0.4, -0.2) is 22.4 Å². The van der Waals surface area contributed by atoms with E-state index in [9.17, 15) is 13.2 Å². The molecule has 3 aromatic rings. The Morgan fingerprint density at radius 3 is 2.45 bits per heavy atom. The van der Waals surface area contributed by atoms with Crippen molar-refractivity contribution in [2.24, 2.45) is 0 Å². The number of ether oxygens (including phenoxy) is 1. The van der Waals surface area contributed by atoms with Crippen molar-refractivity contribution in [1.29, 1.82) is 0 Å². The van der Waals surface area contributed by atoms with Crippen LogP contribution in [0.2, 0.25) is 0 Å². The third kappa shape index (κ3) is 5.62. The lowest BCUT2D eigenvalue weighted by Gasteiger charge is -2.25. The lowest BCUT2D eigenvalue weighted by Crippen LogP contribution is -2.27. The average molecular weight is 432 g/mol. The van der Waals surface area contributed by atoms with E-state index in [2.05, 4.69) is 20.0 Å². The molecule has 1 aliphatic carbocycles. The van der Waals surface area contributed by atoms with Crippen LogP contribution in [0.4, 0.5) is 29.2 Å². The summed E-state index contributed by atoms with van der Waals surface area (Å²) in [5.41, 5.74) is 1.54. The molecule has 2 aromatic carbocycles. The van der Waals surface area contributed by atoms with Crippen LogP contribution in [0.1, 0.15) is 24.0 Å². The Hall–Kier alpha value is -3.36. The maximum atomic E-state index is 15.2. The van der Waals surface area contributed by atoms with Crippen molar-refractivity contribution in [3.63, 3.8) is 0 Å². The molecule has 0 spiro atoms. The van der Waals surface area contributed by atoms with Crippen molar-refractivity contribution in [3.05, 3.63) is 77.9 Å². The molecule has 0 amide bonds. The smallest absolute Gasteiger partial charge is 0.406 e. The van der Waals surface area contributed by atoms with Crippen molar-refractivity contribution in [2.75, 3.05) is 10.2 Å². The van der Waals surface area contributed by atoms with E-state index in [0.717, 1.165) is 18.4 Å². The summed E-state index contributed by atoms with van der Waals surface area (Å²) in [6.07, 6.45) is -1.78. The quantitative estimate of drug-likeness (QED) is 0.490. The second-order valence-corrected chi connectivity index (χ2v) is 7.25. The third-order valence-corrected chi connectivity index (χ3v) is 4.82. The molecule has 0 radical (unpaired) electrons. The molecule has 1 fully saturated rings. The highest BCUT2D eigenvalue weighted by molar-refractivity contribution is 5.53. The van der Waals surface area contributed by atoms with Gasteiger partial charge in [-0.3, -0.25) is 0 Å².